The number of nitrogens with one attached hydrogen (secondary N) is 1. The monoisotopic (exact) mass is 275 g/mol. The minimum atomic E-state index is -0.0440. The molecule has 0 aromatic heterocycles. The summed E-state index contributed by atoms with van der Waals surface area (Å²) in [5.41, 5.74) is 1.31. The third-order valence-corrected chi connectivity index (χ3v) is 3.97. The van der Waals surface area contributed by atoms with Crippen molar-refractivity contribution in [3.8, 4) is 0 Å². The van der Waals surface area contributed by atoms with Crippen LogP contribution >= 0.6 is 0 Å². The Morgan fingerprint density at radius 1 is 1.30 bits per heavy atom. The number of benzene rings is 1. The lowest BCUT2D eigenvalue weighted by Gasteiger charge is -2.42. The molecule has 1 fully saturated rings. The Hall–Kier alpha value is -1.39. The zero-order valence-electron chi connectivity index (χ0n) is 12.7. The molecule has 1 saturated heterocycles. The van der Waals surface area contributed by atoms with Crippen molar-refractivity contribution < 1.29 is 4.79 Å². The van der Waals surface area contributed by atoms with Gasteiger partial charge in [-0.15, -0.1) is 0 Å². The van der Waals surface area contributed by atoms with E-state index in [2.05, 4.69) is 53.2 Å². The number of hydrogen-bond donors (Lipinski definition) is 1. The lowest BCUT2D eigenvalue weighted by atomic mass is 10.1. The Balaban J connectivity index is 2.03. The molecule has 1 atom stereocenters. The van der Waals surface area contributed by atoms with Gasteiger partial charge in [0.2, 0.25) is 5.91 Å². The molecular weight excluding hydrogens is 250 g/mol. The highest BCUT2D eigenvalue weighted by Gasteiger charge is 2.32. The number of piperazine rings is 1. The van der Waals surface area contributed by atoms with E-state index in [9.17, 15) is 4.79 Å². The molecule has 0 radical (unpaired) electrons. The van der Waals surface area contributed by atoms with Crippen LogP contribution in [0.5, 0.6) is 0 Å². The summed E-state index contributed by atoms with van der Waals surface area (Å²) < 4.78 is 0. The Morgan fingerprint density at radius 3 is 2.60 bits per heavy atom. The first-order valence-electron chi connectivity index (χ1n) is 7.35. The second-order valence-corrected chi connectivity index (χ2v) is 5.68. The Bertz CT molecular complexity index is 433. The van der Waals surface area contributed by atoms with Crippen LogP contribution in [0.2, 0.25) is 0 Å². The van der Waals surface area contributed by atoms with Crippen molar-refractivity contribution in [2.45, 2.75) is 32.5 Å². The van der Waals surface area contributed by atoms with E-state index in [1.165, 1.54) is 5.56 Å². The van der Waals surface area contributed by atoms with Crippen molar-refractivity contribution >= 4 is 5.91 Å². The van der Waals surface area contributed by atoms with Gasteiger partial charge >= 0.3 is 0 Å². The first-order valence-corrected chi connectivity index (χ1v) is 7.35. The molecule has 2 rings (SSSR count). The van der Waals surface area contributed by atoms with E-state index >= 15 is 0 Å². The summed E-state index contributed by atoms with van der Waals surface area (Å²) >= 11 is 0. The maximum Gasteiger partial charge on any atom is 0.238 e. The predicted molar refractivity (Wildman–Crippen MR) is 81.4 cm³/mol. The molecule has 0 aliphatic carbocycles. The SMILES string of the molecule is CNC(=O)C1CN(Cc2ccccc2)CCN1C(C)C. The van der Waals surface area contributed by atoms with Gasteiger partial charge in [-0.1, -0.05) is 30.3 Å². The van der Waals surface area contributed by atoms with Gasteiger partial charge < -0.3 is 5.32 Å². The van der Waals surface area contributed by atoms with Crippen LogP contribution in [0.25, 0.3) is 0 Å². The van der Waals surface area contributed by atoms with E-state index in [4.69, 9.17) is 0 Å². The van der Waals surface area contributed by atoms with Crippen molar-refractivity contribution in [1.82, 2.24) is 15.1 Å². The van der Waals surface area contributed by atoms with Gasteiger partial charge in [-0.3, -0.25) is 14.6 Å². The molecule has 1 heterocycles. The van der Waals surface area contributed by atoms with Crippen molar-refractivity contribution in [1.29, 1.82) is 0 Å². The van der Waals surface area contributed by atoms with Crippen LogP contribution in [0.1, 0.15) is 19.4 Å². The first-order chi connectivity index (χ1) is 9.61. The molecule has 1 unspecified atom stereocenters. The fourth-order valence-corrected chi connectivity index (χ4v) is 2.86. The predicted octanol–water partition coefficient (Wildman–Crippen LogP) is 1.33. The first kappa shape index (κ1) is 15.0. The molecule has 1 N–H and O–H groups in total. The Labute approximate surface area is 121 Å². The summed E-state index contributed by atoms with van der Waals surface area (Å²) in [7, 11) is 1.72. The Kier molecular flexibility index (Phi) is 5.15. The number of carbonyl (C=O) groups is 1. The number of likely N-dealkylation sites (N-methyl/N-ethyl adjacent to an activating group) is 1. The molecule has 1 aromatic rings. The van der Waals surface area contributed by atoms with Crippen molar-refractivity contribution in [2.24, 2.45) is 0 Å². The van der Waals surface area contributed by atoms with Crippen molar-refractivity contribution in [3.63, 3.8) is 0 Å². The maximum absolute atomic E-state index is 12.1. The summed E-state index contributed by atoms with van der Waals surface area (Å²) in [5.74, 6) is 0.122. The second-order valence-electron chi connectivity index (χ2n) is 5.68. The summed E-state index contributed by atoms with van der Waals surface area (Å²) in [6.45, 7) is 7.99. The number of hydrogen-bond acceptors (Lipinski definition) is 3. The van der Waals surface area contributed by atoms with Gasteiger partial charge in [0.05, 0.1) is 0 Å². The molecular formula is C16H25N3O. The van der Waals surface area contributed by atoms with Crippen LogP contribution in [0.15, 0.2) is 30.3 Å². The van der Waals surface area contributed by atoms with Crippen LogP contribution in [0.4, 0.5) is 0 Å². The smallest absolute Gasteiger partial charge is 0.238 e. The fraction of sp³-hybridized carbons (Fsp3) is 0.562. The molecule has 1 amide bonds. The van der Waals surface area contributed by atoms with Crippen molar-refractivity contribution in [2.75, 3.05) is 26.7 Å². The van der Waals surface area contributed by atoms with Crippen LogP contribution in [0, 0.1) is 0 Å². The van der Waals surface area contributed by atoms with Gasteiger partial charge in [-0.25, -0.2) is 0 Å². The average Bonchev–Trinajstić information content (AvgIpc) is 2.47. The van der Waals surface area contributed by atoms with E-state index in [1.807, 2.05) is 6.07 Å². The average molecular weight is 275 g/mol. The minimum absolute atomic E-state index is 0.0440. The van der Waals surface area contributed by atoms with Crippen LogP contribution in [-0.2, 0) is 11.3 Å². The zero-order chi connectivity index (χ0) is 14.5. The largest absolute Gasteiger partial charge is 0.358 e. The van der Waals surface area contributed by atoms with E-state index in [0.717, 1.165) is 26.2 Å². The summed E-state index contributed by atoms with van der Waals surface area (Å²) in [6.07, 6.45) is 0. The topological polar surface area (TPSA) is 35.6 Å². The van der Waals surface area contributed by atoms with Gasteiger partial charge in [0.15, 0.2) is 0 Å². The molecule has 0 saturated carbocycles. The lowest BCUT2D eigenvalue weighted by molar-refractivity contribution is -0.129. The quantitative estimate of drug-likeness (QED) is 0.900. The lowest BCUT2D eigenvalue weighted by Crippen LogP contribution is -2.60. The number of rotatable bonds is 4. The van der Waals surface area contributed by atoms with E-state index in [-0.39, 0.29) is 11.9 Å². The summed E-state index contributed by atoms with van der Waals surface area (Å²) in [5, 5.41) is 2.80. The standard InChI is InChI=1S/C16H25N3O/c1-13(2)19-10-9-18(12-15(19)16(20)17-3)11-14-7-5-4-6-8-14/h4-8,13,15H,9-12H2,1-3H3,(H,17,20). The molecule has 1 aliphatic heterocycles. The van der Waals surface area contributed by atoms with Gasteiger partial charge in [0.25, 0.3) is 0 Å². The molecule has 1 aliphatic rings. The van der Waals surface area contributed by atoms with Crippen molar-refractivity contribution in [3.05, 3.63) is 35.9 Å². The molecule has 0 spiro atoms. The number of carbonyl (C=O) groups excluding carboxylic acids is 1. The zero-order valence-corrected chi connectivity index (χ0v) is 12.7. The Morgan fingerprint density at radius 2 is 2.00 bits per heavy atom. The fourth-order valence-electron chi connectivity index (χ4n) is 2.86. The van der Waals surface area contributed by atoms with E-state index < -0.39 is 0 Å². The molecule has 4 nitrogen and oxygen atoms in total. The van der Waals surface area contributed by atoms with Gasteiger partial charge in [-0.2, -0.15) is 0 Å². The maximum atomic E-state index is 12.1. The molecule has 110 valence electrons. The van der Waals surface area contributed by atoms with Gasteiger partial charge in [0, 0.05) is 39.3 Å². The van der Waals surface area contributed by atoms with Crippen LogP contribution < -0.4 is 5.32 Å². The van der Waals surface area contributed by atoms with Crippen LogP contribution in [-0.4, -0.2) is 54.5 Å². The molecule has 4 heteroatoms. The highest BCUT2D eigenvalue weighted by Crippen LogP contribution is 2.16. The number of nitrogens with zero attached hydrogens (tertiary/aromatic N) is 2. The third kappa shape index (κ3) is 3.58. The van der Waals surface area contributed by atoms with E-state index in [1.54, 1.807) is 7.05 Å². The molecule has 20 heavy (non-hydrogen) atoms. The van der Waals surface area contributed by atoms with Gasteiger partial charge in [0.1, 0.15) is 6.04 Å². The van der Waals surface area contributed by atoms with Gasteiger partial charge in [-0.05, 0) is 19.4 Å². The normalized spacial score (nSPS) is 21.1. The summed E-state index contributed by atoms with van der Waals surface area (Å²) in [6, 6.07) is 10.8. The summed E-state index contributed by atoms with van der Waals surface area (Å²) in [4.78, 5) is 16.8. The second kappa shape index (κ2) is 6.86. The van der Waals surface area contributed by atoms with Crippen LogP contribution in [0.3, 0.4) is 0 Å². The number of amides is 1. The highest BCUT2D eigenvalue weighted by atomic mass is 16.2. The third-order valence-electron chi connectivity index (χ3n) is 3.97. The molecule has 0 bridgehead atoms. The highest BCUT2D eigenvalue weighted by molar-refractivity contribution is 5.81. The minimum Gasteiger partial charge on any atom is -0.358 e. The van der Waals surface area contributed by atoms with E-state index in [0.29, 0.717) is 6.04 Å². The molecule has 1 aromatic carbocycles.